The summed E-state index contributed by atoms with van der Waals surface area (Å²) in [7, 11) is 2.51. The molecule has 1 N–H and O–H groups in total. The van der Waals surface area contributed by atoms with Gasteiger partial charge in [0.05, 0.1) is 14.2 Å². The lowest BCUT2D eigenvalue weighted by Crippen LogP contribution is -2.04. The Hall–Kier alpha value is -1.63. The summed E-state index contributed by atoms with van der Waals surface area (Å²) >= 11 is 0.778. The van der Waals surface area contributed by atoms with Crippen molar-refractivity contribution in [2.75, 3.05) is 14.2 Å². The van der Waals surface area contributed by atoms with Crippen LogP contribution in [0.1, 0.15) is 20.3 Å². The number of methoxy groups -OCH3 is 2. The van der Waals surface area contributed by atoms with E-state index in [2.05, 4.69) is 9.72 Å². The first-order valence-corrected chi connectivity index (χ1v) is 4.28. The molecule has 0 saturated carbocycles. The third-order valence-corrected chi connectivity index (χ3v) is 2.35. The number of nitrogens with zero attached hydrogens (tertiary/aromatic N) is 1. The van der Waals surface area contributed by atoms with Crippen LogP contribution in [0.5, 0.6) is 5.06 Å². The summed E-state index contributed by atoms with van der Waals surface area (Å²) in [5, 5.41) is 8.54. The van der Waals surface area contributed by atoms with Crippen LogP contribution in [-0.4, -0.2) is 36.2 Å². The Kier molecular flexibility index (Phi) is 3.03. The lowest BCUT2D eigenvalue weighted by atomic mass is 10.5. The number of aromatic carboxylic acids is 1. The standard InChI is InChI=1S/C7H7NO5S/c1-12-6(11)3-7(13-2)14-4(8-3)5(9)10/h1-2H3,(H,9,10). The normalized spacial score (nSPS) is 9.57. The maximum atomic E-state index is 11.1. The molecule has 7 heteroatoms. The molecule has 0 aliphatic rings. The van der Waals surface area contributed by atoms with Crippen molar-refractivity contribution in [3.05, 3.63) is 10.7 Å². The highest BCUT2D eigenvalue weighted by atomic mass is 32.1. The molecule has 0 aliphatic carbocycles. The number of aromatic nitrogens is 1. The number of carboxylic acids is 1. The molecule has 0 amide bonds. The average Bonchev–Trinajstić information content (AvgIpc) is 2.60. The van der Waals surface area contributed by atoms with E-state index in [9.17, 15) is 9.59 Å². The molecule has 1 aromatic heterocycles. The second-order valence-electron chi connectivity index (χ2n) is 2.16. The summed E-state index contributed by atoms with van der Waals surface area (Å²) in [6, 6.07) is 0. The Labute approximate surface area is 83.1 Å². The van der Waals surface area contributed by atoms with Crippen LogP contribution < -0.4 is 4.74 Å². The van der Waals surface area contributed by atoms with Crippen LogP contribution in [0.3, 0.4) is 0 Å². The van der Waals surface area contributed by atoms with E-state index in [4.69, 9.17) is 9.84 Å². The molecular weight excluding hydrogens is 210 g/mol. The predicted octanol–water partition coefficient (Wildman–Crippen LogP) is 0.637. The van der Waals surface area contributed by atoms with Gasteiger partial charge in [-0.05, 0) is 0 Å². The minimum absolute atomic E-state index is 0.114. The largest absolute Gasteiger partial charge is 0.485 e. The van der Waals surface area contributed by atoms with Gasteiger partial charge in [0.1, 0.15) is 0 Å². The minimum Gasteiger partial charge on any atom is -0.485 e. The summed E-state index contributed by atoms with van der Waals surface area (Å²) in [5.74, 6) is -1.92. The SMILES string of the molecule is COC(=O)c1nc(C(=O)O)sc1OC. The van der Waals surface area contributed by atoms with Crippen LogP contribution in [0.2, 0.25) is 0 Å². The number of ether oxygens (including phenoxy) is 2. The number of carbonyl (C=O) groups is 2. The maximum Gasteiger partial charge on any atom is 0.365 e. The van der Waals surface area contributed by atoms with Crippen molar-refractivity contribution in [1.82, 2.24) is 4.98 Å². The van der Waals surface area contributed by atoms with Crippen molar-refractivity contribution in [3.63, 3.8) is 0 Å². The van der Waals surface area contributed by atoms with Crippen LogP contribution in [0.15, 0.2) is 0 Å². The van der Waals surface area contributed by atoms with E-state index in [0.717, 1.165) is 11.3 Å². The van der Waals surface area contributed by atoms with Crippen LogP contribution in [0.4, 0.5) is 0 Å². The molecule has 1 heterocycles. The molecule has 0 saturated heterocycles. The first kappa shape index (κ1) is 10.5. The summed E-state index contributed by atoms with van der Waals surface area (Å²) in [6.07, 6.45) is 0. The average molecular weight is 217 g/mol. The maximum absolute atomic E-state index is 11.1. The van der Waals surface area contributed by atoms with E-state index in [1.807, 2.05) is 0 Å². The lowest BCUT2D eigenvalue weighted by Gasteiger charge is -1.96. The van der Waals surface area contributed by atoms with Crippen LogP contribution in [0, 0.1) is 0 Å². The van der Waals surface area contributed by atoms with Crippen molar-refractivity contribution in [2.45, 2.75) is 0 Å². The van der Waals surface area contributed by atoms with Crippen molar-refractivity contribution >= 4 is 23.3 Å². The Morgan fingerprint density at radius 1 is 1.43 bits per heavy atom. The highest BCUT2D eigenvalue weighted by Gasteiger charge is 2.22. The number of hydrogen-bond donors (Lipinski definition) is 1. The van der Waals surface area contributed by atoms with Crippen molar-refractivity contribution < 1.29 is 24.2 Å². The molecule has 6 nitrogen and oxygen atoms in total. The van der Waals surface area contributed by atoms with E-state index >= 15 is 0 Å². The Bertz CT molecular complexity index is 372. The van der Waals surface area contributed by atoms with E-state index < -0.39 is 11.9 Å². The van der Waals surface area contributed by atoms with Gasteiger partial charge in [-0.2, -0.15) is 0 Å². The quantitative estimate of drug-likeness (QED) is 0.747. The zero-order valence-electron chi connectivity index (χ0n) is 7.44. The molecule has 14 heavy (non-hydrogen) atoms. The van der Waals surface area contributed by atoms with Crippen molar-refractivity contribution in [2.24, 2.45) is 0 Å². The summed E-state index contributed by atoms with van der Waals surface area (Å²) in [4.78, 5) is 25.2. The molecule has 0 radical (unpaired) electrons. The number of rotatable bonds is 3. The van der Waals surface area contributed by atoms with Gasteiger partial charge in [0.15, 0.2) is 0 Å². The first-order valence-electron chi connectivity index (χ1n) is 3.46. The van der Waals surface area contributed by atoms with Gasteiger partial charge in [-0.15, -0.1) is 0 Å². The van der Waals surface area contributed by atoms with Gasteiger partial charge in [0, 0.05) is 0 Å². The fraction of sp³-hybridized carbons (Fsp3) is 0.286. The molecule has 0 aliphatic heterocycles. The monoisotopic (exact) mass is 217 g/mol. The van der Waals surface area contributed by atoms with Gasteiger partial charge < -0.3 is 14.6 Å². The highest BCUT2D eigenvalue weighted by Crippen LogP contribution is 2.27. The molecular formula is C7H7NO5S. The minimum atomic E-state index is -1.21. The third kappa shape index (κ3) is 1.82. The molecule has 0 bridgehead atoms. The summed E-state index contributed by atoms with van der Waals surface area (Å²) in [5.41, 5.74) is -0.114. The van der Waals surface area contributed by atoms with Crippen LogP contribution in [0.25, 0.3) is 0 Å². The zero-order chi connectivity index (χ0) is 10.7. The van der Waals surface area contributed by atoms with E-state index in [1.165, 1.54) is 14.2 Å². The third-order valence-electron chi connectivity index (χ3n) is 1.34. The van der Waals surface area contributed by atoms with Gasteiger partial charge in [-0.1, -0.05) is 11.3 Å². The lowest BCUT2D eigenvalue weighted by molar-refractivity contribution is 0.0591. The summed E-state index contributed by atoms with van der Waals surface area (Å²) < 4.78 is 9.20. The molecule has 1 rings (SSSR count). The number of esters is 1. The molecule has 0 aromatic carbocycles. The number of thiazole rings is 1. The van der Waals surface area contributed by atoms with Gasteiger partial charge in [0.25, 0.3) is 0 Å². The Morgan fingerprint density at radius 2 is 2.07 bits per heavy atom. The van der Waals surface area contributed by atoms with Gasteiger partial charge >= 0.3 is 11.9 Å². The molecule has 76 valence electrons. The Balaban J connectivity index is 3.15. The fourth-order valence-corrected chi connectivity index (χ4v) is 1.47. The molecule has 0 spiro atoms. The Morgan fingerprint density at radius 3 is 2.50 bits per heavy atom. The highest BCUT2D eigenvalue weighted by molar-refractivity contribution is 7.15. The van der Waals surface area contributed by atoms with E-state index in [0.29, 0.717) is 0 Å². The topological polar surface area (TPSA) is 85.7 Å². The molecule has 1 aromatic rings. The molecule has 0 fully saturated rings. The smallest absolute Gasteiger partial charge is 0.365 e. The second kappa shape index (κ2) is 4.05. The first-order chi connectivity index (χ1) is 6.60. The number of carbonyl (C=O) groups excluding carboxylic acids is 1. The van der Waals surface area contributed by atoms with Crippen molar-refractivity contribution in [1.29, 1.82) is 0 Å². The zero-order valence-corrected chi connectivity index (χ0v) is 8.25. The van der Waals surface area contributed by atoms with Gasteiger partial charge in [-0.3, -0.25) is 0 Å². The fourth-order valence-electron chi connectivity index (χ4n) is 0.762. The van der Waals surface area contributed by atoms with Crippen LogP contribution in [-0.2, 0) is 4.74 Å². The van der Waals surface area contributed by atoms with Gasteiger partial charge in [-0.25, -0.2) is 14.6 Å². The van der Waals surface area contributed by atoms with Crippen LogP contribution >= 0.6 is 11.3 Å². The van der Waals surface area contributed by atoms with E-state index in [1.54, 1.807) is 0 Å². The van der Waals surface area contributed by atoms with Crippen molar-refractivity contribution in [3.8, 4) is 5.06 Å². The molecule has 0 unspecified atom stereocenters. The molecule has 0 atom stereocenters. The number of carboxylic acid groups (broad SMARTS) is 1. The number of hydrogen-bond acceptors (Lipinski definition) is 6. The summed E-state index contributed by atoms with van der Waals surface area (Å²) in [6.45, 7) is 0. The van der Waals surface area contributed by atoms with E-state index in [-0.39, 0.29) is 15.8 Å². The predicted molar refractivity (Wildman–Crippen MR) is 47.0 cm³/mol. The van der Waals surface area contributed by atoms with Gasteiger partial charge in [0.2, 0.25) is 15.8 Å². The second-order valence-corrected chi connectivity index (χ2v) is 3.12.